The molecule has 0 atom stereocenters. The maximum atomic E-state index is 13.1. The molecule has 0 saturated heterocycles. The summed E-state index contributed by atoms with van der Waals surface area (Å²) in [5.41, 5.74) is 6.76. The summed E-state index contributed by atoms with van der Waals surface area (Å²) in [4.78, 5) is 0.233. The highest BCUT2D eigenvalue weighted by molar-refractivity contribution is 9.10. The minimum atomic E-state index is -1.50. The number of nitrogens with one attached hydrogen (secondary N) is 1. The van der Waals surface area contributed by atoms with Gasteiger partial charge in [-0.15, -0.1) is 0 Å². The van der Waals surface area contributed by atoms with Crippen molar-refractivity contribution in [3.8, 4) is 0 Å². The molecule has 0 bridgehead atoms. The van der Waals surface area contributed by atoms with Gasteiger partial charge in [0.1, 0.15) is 4.99 Å². The van der Waals surface area contributed by atoms with Crippen LogP contribution in [0.1, 0.15) is 5.56 Å². The van der Waals surface area contributed by atoms with E-state index in [1.807, 2.05) is 0 Å². The number of hydrogen-bond donors (Lipinski definition) is 2. The molecule has 2 nitrogen and oxygen atoms in total. The molecule has 7 heteroatoms. The lowest BCUT2D eigenvalue weighted by atomic mass is 10.2. The Bertz CT molecular complexity index is 668. The SMILES string of the molecule is NC(=S)c1ccc(Nc2cc(F)c(F)c(F)c2)c(Br)c1. The molecule has 0 radical (unpaired) electrons. The average Bonchev–Trinajstić information content (AvgIpc) is 2.38. The van der Waals surface area contributed by atoms with Gasteiger partial charge in [0.2, 0.25) is 0 Å². The molecule has 0 aliphatic carbocycles. The Morgan fingerprint density at radius 1 is 1.10 bits per heavy atom. The van der Waals surface area contributed by atoms with Gasteiger partial charge in [-0.25, -0.2) is 13.2 Å². The van der Waals surface area contributed by atoms with Crippen molar-refractivity contribution < 1.29 is 13.2 Å². The molecule has 2 aromatic rings. The van der Waals surface area contributed by atoms with Crippen molar-refractivity contribution >= 4 is 44.5 Å². The standard InChI is InChI=1S/C13H8BrF3N2S/c14-8-3-6(13(18)20)1-2-11(8)19-7-4-9(15)12(17)10(16)5-7/h1-5,19H,(H2,18,20). The Morgan fingerprint density at radius 2 is 1.70 bits per heavy atom. The third-order valence-electron chi connectivity index (χ3n) is 2.52. The first kappa shape index (κ1) is 14.8. The number of halogens is 4. The van der Waals surface area contributed by atoms with E-state index in [4.69, 9.17) is 18.0 Å². The van der Waals surface area contributed by atoms with Gasteiger partial charge in [-0.3, -0.25) is 0 Å². The van der Waals surface area contributed by atoms with Gasteiger partial charge in [0.05, 0.1) is 5.69 Å². The zero-order chi connectivity index (χ0) is 14.9. The van der Waals surface area contributed by atoms with Crippen molar-refractivity contribution in [3.05, 3.63) is 57.8 Å². The molecule has 20 heavy (non-hydrogen) atoms. The predicted octanol–water partition coefficient (Wildman–Crippen LogP) is 4.24. The lowest BCUT2D eigenvalue weighted by Gasteiger charge is -2.10. The summed E-state index contributed by atoms with van der Waals surface area (Å²) in [5.74, 6) is -4.02. The van der Waals surface area contributed by atoms with Crippen LogP contribution in [0.2, 0.25) is 0 Å². The van der Waals surface area contributed by atoms with Crippen LogP contribution in [-0.2, 0) is 0 Å². The van der Waals surface area contributed by atoms with Gasteiger partial charge in [0.15, 0.2) is 17.5 Å². The summed E-state index contributed by atoms with van der Waals surface area (Å²) >= 11 is 8.12. The number of thiocarbonyl (C=S) groups is 1. The van der Waals surface area contributed by atoms with Gasteiger partial charge in [0, 0.05) is 27.9 Å². The summed E-state index contributed by atoms with van der Waals surface area (Å²) in [5, 5.41) is 2.77. The van der Waals surface area contributed by atoms with Crippen LogP contribution in [0.5, 0.6) is 0 Å². The molecule has 0 heterocycles. The van der Waals surface area contributed by atoms with Crippen LogP contribution in [-0.4, -0.2) is 4.99 Å². The van der Waals surface area contributed by atoms with Gasteiger partial charge in [-0.05, 0) is 34.1 Å². The second-order valence-corrected chi connectivity index (χ2v) is 5.23. The Labute approximate surface area is 126 Å². The molecule has 2 rings (SSSR count). The van der Waals surface area contributed by atoms with E-state index in [1.54, 1.807) is 18.2 Å². The van der Waals surface area contributed by atoms with Crippen molar-refractivity contribution in [1.82, 2.24) is 0 Å². The van der Waals surface area contributed by atoms with Crippen molar-refractivity contribution in [1.29, 1.82) is 0 Å². The normalized spacial score (nSPS) is 10.4. The van der Waals surface area contributed by atoms with Crippen LogP contribution < -0.4 is 11.1 Å². The molecule has 0 aliphatic rings. The number of benzene rings is 2. The zero-order valence-corrected chi connectivity index (χ0v) is 12.3. The maximum absolute atomic E-state index is 13.1. The van der Waals surface area contributed by atoms with Gasteiger partial charge in [-0.1, -0.05) is 12.2 Å². The largest absolute Gasteiger partial charge is 0.389 e. The van der Waals surface area contributed by atoms with Crippen molar-refractivity contribution in [3.63, 3.8) is 0 Å². The second-order valence-electron chi connectivity index (χ2n) is 3.94. The molecule has 0 aliphatic heterocycles. The molecule has 0 aromatic heterocycles. The van der Waals surface area contributed by atoms with E-state index >= 15 is 0 Å². The Balaban J connectivity index is 2.33. The van der Waals surface area contributed by atoms with E-state index in [1.165, 1.54) is 0 Å². The van der Waals surface area contributed by atoms with Crippen LogP contribution in [0.15, 0.2) is 34.8 Å². The molecule has 2 aromatic carbocycles. The van der Waals surface area contributed by atoms with Crippen molar-refractivity contribution in [2.24, 2.45) is 5.73 Å². The average molecular weight is 361 g/mol. The van der Waals surface area contributed by atoms with Crippen LogP contribution in [0.4, 0.5) is 24.5 Å². The van der Waals surface area contributed by atoms with E-state index in [2.05, 4.69) is 21.2 Å². The highest BCUT2D eigenvalue weighted by Gasteiger charge is 2.11. The first-order chi connectivity index (χ1) is 9.38. The lowest BCUT2D eigenvalue weighted by molar-refractivity contribution is 0.448. The summed E-state index contributed by atoms with van der Waals surface area (Å²) in [6, 6.07) is 6.70. The molecule has 0 spiro atoms. The molecular formula is C13H8BrF3N2S. The number of rotatable bonds is 3. The van der Waals surface area contributed by atoms with Gasteiger partial charge in [-0.2, -0.15) is 0 Å². The topological polar surface area (TPSA) is 38.0 Å². The van der Waals surface area contributed by atoms with Crippen molar-refractivity contribution in [2.75, 3.05) is 5.32 Å². The quantitative estimate of drug-likeness (QED) is 0.634. The molecule has 0 saturated carbocycles. The summed E-state index contributed by atoms with van der Waals surface area (Å²) in [6.45, 7) is 0. The molecule has 3 N–H and O–H groups in total. The molecule has 0 fully saturated rings. The Kier molecular flexibility index (Phi) is 4.29. The summed E-state index contributed by atoms with van der Waals surface area (Å²) < 4.78 is 39.7. The number of nitrogens with two attached hydrogens (primary N) is 1. The fraction of sp³-hybridized carbons (Fsp3) is 0. The van der Waals surface area contributed by atoms with E-state index < -0.39 is 17.5 Å². The zero-order valence-electron chi connectivity index (χ0n) is 9.88. The Hall–Kier alpha value is -1.60. The van der Waals surface area contributed by atoms with Gasteiger partial charge >= 0.3 is 0 Å². The first-order valence-electron chi connectivity index (χ1n) is 5.39. The maximum Gasteiger partial charge on any atom is 0.194 e. The smallest absolute Gasteiger partial charge is 0.194 e. The van der Waals surface area contributed by atoms with Crippen LogP contribution in [0.3, 0.4) is 0 Å². The lowest BCUT2D eigenvalue weighted by Crippen LogP contribution is -2.09. The van der Waals surface area contributed by atoms with E-state index in [-0.39, 0.29) is 10.7 Å². The van der Waals surface area contributed by atoms with Crippen molar-refractivity contribution in [2.45, 2.75) is 0 Å². The van der Waals surface area contributed by atoms with Crippen LogP contribution >= 0.6 is 28.1 Å². The molecule has 0 amide bonds. The minimum Gasteiger partial charge on any atom is -0.389 e. The fourth-order valence-corrected chi connectivity index (χ4v) is 2.16. The molecule has 104 valence electrons. The van der Waals surface area contributed by atoms with E-state index in [0.29, 0.717) is 15.7 Å². The molecule has 0 unspecified atom stereocenters. The first-order valence-corrected chi connectivity index (χ1v) is 6.59. The van der Waals surface area contributed by atoms with E-state index in [0.717, 1.165) is 12.1 Å². The third kappa shape index (κ3) is 3.10. The predicted molar refractivity (Wildman–Crippen MR) is 79.6 cm³/mol. The van der Waals surface area contributed by atoms with Crippen LogP contribution in [0, 0.1) is 17.5 Å². The highest BCUT2D eigenvalue weighted by atomic mass is 79.9. The monoisotopic (exact) mass is 360 g/mol. The fourth-order valence-electron chi connectivity index (χ4n) is 1.55. The third-order valence-corrected chi connectivity index (χ3v) is 3.41. The highest BCUT2D eigenvalue weighted by Crippen LogP contribution is 2.28. The minimum absolute atomic E-state index is 0.0881. The van der Waals surface area contributed by atoms with Gasteiger partial charge in [0.25, 0.3) is 0 Å². The summed E-state index contributed by atoms with van der Waals surface area (Å²) in [6.07, 6.45) is 0. The van der Waals surface area contributed by atoms with Crippen LogP contribution in [0.25, 0.3) is 0 Å². The van der Waals surface area contributed by atoms with Gasteiger partial charge < -0.3 is 11.1 Å². The summed E-state index contributed by atoms with van der Waals surface area (Å²) in [7, 11) is 0. The Morgan fingerprint density at radius 3 is 2.20 bits per heavy atom. The number of hydrogen-bond acceptors (Lipinski definition) is 2. The molecular weight excluding hydrogens is 353 g/mol. The number of anilines is 2. The second kappa shape index (κ2) is 5.80. The van der Waals surface area contributed by atoms with E-state index in [9.17, 15) is 13.2 Å².